The molecule has 1 aromatic carbocycles. The molecule has 1 fully saturated rings. The Balaban J connectivity index is 1.82. The second-order valence-corrected chi connectivity index (χ2v) is 4.89. The van der Waals surface area contributed by atoms with Gasteiger partial charge in [0.15, 0.2) is 4.77 Å². The number of aromatic nitrogens is 2. The maximum atomic E-state index is 5.09. The van der Waals surface area contributed by atoms with Crippen molar-refractivity contribution in [2.24, 2.45) is 0 Å². The van der Waals surface area contributed by atoms with E-state index in [9.17, 15) is 0 Å². The molecule has 1 aromatic heterocycles. The SMILES string of the molecule is S=c1[nH]c2ccc(CN3CCNCC3)cc2[nH]1. The van der Waals surface area contributed by atoms with Gasteiger partial charge in [-0.05, 0) is 29.9 Å². The number of nitrogens with zero attached hydrogens (tertiary/aromatic N) is 1. The van der Waals surface area contributed by atoms with Crippen LogP contribution >= 0.6 is 12.2 Å². The molecule has 0 unspecified atom stereocenters. The highest BCUT2D eigenvalue weighted by Gasteiger charge is 2.10. The third kappa shape index (κ3) is 2.41. The summed E-state index contributed by atoms with van der Waals surface area (Å²) >= 11 is 5.09. The second-order valence-electron chi connectivity index (χ2n) is 4.49. The summed E-state index contributed by atoms with van der Waals surface area (Å²) in [6.45, 7) is 5.45. The van der Waals surface area contributed by atoms with E-state index in [1.54, 1.807) is 0 Å². The average molecular weight is 248 g/mol. The lowest BCUT2D eigenvalue weighted by molar-refractivity contribution is 0.233. The number of hydrogen-bond acceptors (Lipinski definition) is 3. The molecule has 4 nitrogen and oxygen atoms in total. The van der Waals surface area contributed by atoms with Crippen molar-refractivity contribution in [3.63, 3.8) is 0 Å². The van der Waals surface area contributed by atoms with E-state index in [0.29, 0.717) is 4.77 Å². The molecule has 17 heavy (non-hydrogen) atoms. The molecule has 0 amide bonds. The summed E-state index contributed by atoms with van der Waals surface area (Å²) in [5.41, 5.74) is 3.52. The zero-order valence-electron chi connectivity index (χ0n) is 9.62. The minimum Gasteiger partial charge on any atom is -0.331 e. The number of benzene rings is 1. The summed E-state index contributed by atoms with van der Waals surface area (Å²) < 4.78 is 0.694. The van der Waals surface area contributed by atoms with Gasteiger partial charge in [0.05, 0.1) is 11.0 Å². The first-order chi connectivity index (χ1) is 8.31. The minimum atomic E-state index is 0.694. The number of aromatic amines is 2. The highest BCUT2D eigenvalue weighted by Crippen LogP contribution is 2.14. The van der Waals surface area contributed by atoms with Crippen molar-refractivity contribution < 1.29 is 0 Å². The van der Waals surface area contributed by atoms with Crippen LogP contribution in [0.15, 0.2) is 18.2 Å². The van der Waals surface area contributed by atoms with Crippen molar-refractivity contribution >= 4 is 23.3 Å². The zero-order valence-corrected chi connectivity index (χ0v) is 10.4. The number of fused-ring (bicyclic) bond motifs is 1. The lowest BCUT2D eigenvalue weighted by Gasteiger charge is -2.27. The van der Waals surface area contributed by atoms with Crippen molar-refractivity contribution in [3.8, 4) is 0 Å². The molecule has 0 saturated carbocycles. The summed E-state index contributed by atoms with van der Waals surface area (Å²) in [7, 11) is 0. The smallest absolute Gasteiger partial charge is 0.175 e. The van der Waals surface area contributed by atoms with Gasteiger partial charge in [0.25, 0.3) is 0 Å². The lowest BCUT2D eigenvalue weighted by atomic mass is 10.2. The molecule has 1 saturated heterocycles. The molecule has 0 aliphatic carbocycles. The van der Waals surface area contributed by atoms with E-state index in [-0.39, 0.29) is 0 Å². The van der Waals surface area contributed by atoms with Crippen LogP contribution in [0.4, 0.5) is 0 Å². The van der Waals surface area contributed by atoms with E-state index in [1.807, 2.05) is 0 Å². The Hall–Kier alpha value is -1.17. The molecular formula is C12H16N4S. The molecule has 90 valence electrons. The van der Waals surface area contributed by atoms with Gasteiger partial charge in [0.2, 0.25) is 0 Å². The Morgan fingerprint density at radius 2 is 1.88 bits per heavy atom. The molecule has 5 heteroatoms. The van der Waals surface area contributed by atoms with Crippen LogP contribution in [0.25, 0.3) is 11.0 Å². The van der Waals surface area contributed by atoms with E-state index in [0.717, 1.165) is 43.8 Å². The van der Waals surface area contributed by atoms with Gasteiger partial charge in [-0.2, -0.15) is 0 Å². The number of piperazine rings is 1. The monoisotopic (exact) mass is 248 g/mol. The van der Waals surface area contributed by atoms with Gasteiger partial charge in [-0.25, -0.2) is 0 Å². The van der Waals surface area contributed by atoms with E-state index in [2.05, 4.69) is 38.4 Å². The van der Waals surface area contributed by atoms with Gasteiger partial charge in [-0.1, -0.05) is 6.07 Å². The van der Waals surface area contributed by atoms with Gasteiger partial charge in [0.1, 0.15) is 0 Å². The van der Waals surface area contributed by atoms with Gasteiger partial charge in [-0.15, -0.1) is 0 Å². The van der Waals surface area contributed by atoms with Gasteiger partial charge in [-0.3, -0.25) is 4.90 Å². The summed E-state index contributed by atoms with van der Waals surface area (Å²) in [6.07, 6.45) is 0. The van der Waals surface area contributed by atoms with Gasteiger partial charge in [0, 0.05) is 32.7 Å². The Labute approximate surface area is 105 Å². The van der Waals surface area contributed by atoms with Crippen LogP contribution in [0.3, 0.4) is 0 Å². The quantitative estimate of drug-likeness (QED) is 0.708. The second kappa shape index (κ2) is 4.60. The summed E-state index contributed by atoms with van der Waals surface area (Å²) in [5.74, 6) is 0. The van der Waals surface area contributed by atoms with Crippen LogP contribution < -0.4 is 5.32 Å². The molecule has 0 radical (unpaired) electrons. The fourth-order valence-corrected chi connectivity index (χ4v) is 2.53. The molecule has 0 atom stereocenters. The Morgan fingerprint density at radius 3 is 2.71 bits per heavy atom. The van der Waals surface area contributed by atoms with Crippen LogP contribution in [0.1, 0.15) is 5.56 Å². The molecule has 2 aromatic rings. The number of imidazole rings is 1. The number of H-pyrrole nitrogens is 2. The van der Waals surface area contributed by atoms with E-state index >= 15 is 0 Å². The maximum Gasteiger partial charge on any atom is 0.175 e. The minimum absolute atomic E-state index is 0.694. The molecule has 0 bridgehead atoms. The predicted molar refractivity (Wildman–Crippen MR) is 71.6 cm³/mol. The fourth-order valence-electron chi connectivity index (χ4n) is 2.31. The van der Waals surface area contributed by atoms with Crippen molar-refractivity contribution in [2.75, 3.05) is 26.2 Å². The topological polar surface area (TPSA) is 46.9 Å². The van der Waals surface area contributed by atoms with E-state index in [4.69, 9.17) is 12.2 Å². The van der Waals surface area contributed by atoms with Gasteiger partial charge < -0.3 is 15.3 Å². The summed E-state index contributed by atoms with van der Waals surface area (Å²) in [4.78, 5) is 8.76. The van der Waals surface area contributed by atoms with Crippen LogP contribution in [0, 0.1) is 4.77 Å². The van der Waals surface area contributed by atoms with Crippen molar-refractivity contribution in [3.05, 3.63) is 28.5 Å². The number of nitrogens with one attached hydrogen (secondary N) is 3. The van der Waals surface area contributed by atoms with E-state index < -0.39 is 0 Å². The third-order valence-corrected chi connectivity index (χ3v) is 3.40. The lowest BCUT2D eigenvalue weighted by Crippen LogP contribution is -2.42. The fraction of sp³-hybridized carbons (Fsp3) is 0.417. The van der Waals surface area contributed by atoms with Crippen LogP contribution in [-0.4, -0.2) is 41.0 Å². The van der Waals surface area contributed by atoms with Crippen molar-refractivity contribution in [1.82, 2.24) is 20.2 Å². The molecule has 3 N–H and O–H groups in total. The highest BCUT2D eigenvalue weighted by molar-refractivity contribution is 7.71. The Kier molecular flexibility index (Phi) is 2.96. The van der Waals surface area contributed by atoms with Crippen molar-refractivity contribution in [1.29, 1.82) is 0 Å². The largest absolute Gasteiger partial charge is 0.331 e. The predicted octanol–water partition coefficient (Wildman–Crippen LogP) is 1.63. The summed E-state index contributed by atoms with van der Waals surface area (Å²) in [6, 6.07) is 6.45. The molecule has 0 spiro atoms. The Bertz CT molecular complexity index is 565. The molecular weight excluding hydrogens is 232 g/mol. The molecule has 2 heterocycles. The highest BCUT2D eigenvalue weighted by atomic mass is 32.1. The maximum absolute atomic E-state index is 5.09. The van der Waals surface area contributed by atoms with Crippen LogP contribution in [-0.2, 0) is 6.54 Å². The third-order valence-electron chi connectivity index (χ3n) is 3.20. The normalized spacial score (nSPS) is 17.6. The zero-order chi connectivity index (χ0) is 11.7. The number of hydrogen-bond donors (Lipinski definition) is 3. The molecule has 1 aliphatic heterocycles. The van der Waals surface area contributed by atoms with Crippen LogP contribution in [0.2, 0.25) is 0 Å². The first-order valence-electron chi connectivity index (χ1n) is 5.95. The standard InChI is InChI=1S/C12H16N4S/c17-12-14-10-2-1-9(7-11(10)15-12)8-16-5-3-13-4-6-16/h1-2,7,13H,3-6,8H2,(H2,14,15,17). The first kappa shape index (κ1) is 11.0. The number of rotatable bonds is 2. The van der Waals surface area contributed by atoms with E-state index in [1.165, 1.54) is 5.56 Å². The van der Waals surface area contributed by atoms with Gasteiger partial charge >= 0.3 is 0 Å². The van der Waals surface area contributed by atoms with Crippen LogP contribution in [0.5, 0.6) is 0 Å². The van der Waals surface area contributed by atoms with Crippen molar-refractivity contribution in [2.45, 2.75) is 6.54 Å². The summed E-state index contributed by atoms with van der Waals surface area (Å²) in [5, 5.41) is 3.37. The average Bonchev–Trinajstić information content (AvgIpc) is 2.70. The first-order valence-corrected chi connectivity index (χ1v) is 6.36. The molecule has 1 aliphatic rings. The molecule has 3 rings (SSSR count). The Morgan fingerprint density at radius 1 is 1.12 bits per heavy atom.